The highest BCUT2D eigenvalue weighted by Gasteiger charge is 2.27. The number of hydrogen-bond donors (Lipinski definition) is 1. The predicted molar refractivity (Wildman–Crippen MR) is 50.3 cm³/mol. The van der Waals surface area contributed by atoms with Crippen LogP contribution in [-0.2, 0) is 6.42 Å². The Kier molecular flexibility index (Phi) is 2.19. The van der Waals surface area contributed by atoms with E-state index in [1.54, 1.807) is 6.07 Å². The Labute approximate surface area is 82.0 Å². The largest absolute Gasteiger partial charge is 0.477 e. The van der Waals surface area contributed by atoms with Gasteiger partial charge in [-0.05, 0) is 25.3 Å². The van der Waals surface area contributed by atoms with Gasteiger partial charge in [0.2, 0.25) is 0 Å². The van der Waals surface area contributed by atoms with Crippen LogP contribution >= 0.6 is 0 Å². The van der Waals surface area contributed by atoms with Crippen LogP contribution in [0, 0.1) is 0 Å². The molecule has 0 aromatic carbocycles. The highest BCUT2D eigenvalue weighted by molar-refractivity contribution is 5.85. The molecule has 4 nitrogen and oxygen atoms in total. The molecule has 1 aromatic heterocycles. The van der Waals surface area contributed by atoms with Gasteiger partial charge in [-0.2, -0.15) is 0 Å². The number of aromatic carboxylic acids is 1. The number of rotatable bonds is 3. The number of aryl methyl sites for hydroxylation is 1. The van der Waals surface area contributed by atoms with Crippen LogP contribution in [0.15, 0.2) is 6.07 Å². The Hall–Kier alpha value is -1.45. The van der Waals surface area contributed by atoms with Crippen LogP contribution in [-0.4, -0.2) is 21.0 Å². The first-order chi connectivity index (χ1) is 6.70. The van der Waals surface area contributed by atoms with E-state index in [2.05, 4.69) is 9.97 Å². The van der Waals surface area contributed by atoms with E-state index in [0.29, 0.717) is 11.7 Å². The molecular formula is C10H12N2O2. The average molecular weight is 192 g/mol. The van der Waals surface area contributed by atoms with Gasteiger partial charge in [-0.25, -0.2) is 14.8 Å². The van der Waals surface area contributed by atoms with E-state index in [1.165, 1.54) is 0 Å². The molecule has 1 aromatic rings. The van der Waals surface area contributed by atoms with Crippen molar-refractivity contribution in [1.29, 1.82) is 0 Å². The summed E-state index contributed by atoms with van der Waals surface area (Å²) in [5.41, 5.74) is 0.943. The van der Waals surface area contributed by atoms with Crippen molar-refractivity contribution >= 4 is 5.97 Å². The third-order valence-electron chi connectivity index (χ3n) is 2.32. The minimum atomic E-state index is -0.969. The summed E-state index contributed by atoms with van der Waals surface area (Å²) in [5, 5.41) is 8.84. The quantitative estimate of drug-likeness (QED) is 0.790. The van der Waals surface area contributed by atoms with Crippen molar-refractivity contribution in [3.63, 3.8) is 0 Å². The standard InChI is InChI=1S/C10H12N2O2/c1-2-7-5-8(10(13)14)12-9(11-7)6-3-4-6/h5-6H,2-4H2,1H3,(H,13,14). The van der Waals surface area contributed by atoms with E-state index in [0.717, 1.165) is 25.0 Å². The fourth-order valence-electron chi connectivity index (χ4n) is 1.33. The lowest BCUT2D eigenvalue weighted by Gasteiger charge is -2.02. The molecule has 0 saturated heterocycles. The second kappa shape index (κ2) is 3.36. The van der Waals surface area contributed by atoms with Crippen LogP contribution in [0.25, 0.3) is 0 Å². The summed E-state index contributed by atoms with van der Waals surface area (Å²) in [4.78, 5) is 19.1. The van der Waals surface area contributed by atoms with Crippen LogP contribution in [0.5, 0.6) is 0 Å². The molecule has 1 N–H and O–H groups in total. The Morgan fingerprint density at radius 2 is 2.29 bits per heavy atom. The van der Waals surface area contributed by atoms with Crippen LogP contribution in [0.4, 0.5) is 0 Å². The zero-order chi connectivity index (χ0) is 10.1. The van der Waals surface area contributed by atoms with Gasteiger partial charge < -0.3 is 5.11 Å². The Bertz CT molecular complexity index is 372. The summed E-state index contributed by atoms with van der Waals surface area (Å²) >= 11 is 0. The lowest BCUT2D eigenvalue weighted by Crippen LogP contribution is -2.07. The summed E-state index contributed by atoms with van der Waals surface area (Å²) < 4.78 is 0. The van der Waals surface area contributed by atoms with Crippen molar-refractivity contribution in [3.05, 3.63) is 23.3 Å². The summed E-state index contributed by atoms with van der Waals surface area (Å²) in [7, 11) is 0. The number of carboxylic acids is 1. The van der Waals surface area contributed by atoms with E-state index >= 15 is 0 Å². The number of hydrogen-bond acceptors (Lipinski definition) is 3. The smallest absolute Gasteiger partial charge is 0.354 e. The number of aromatic nitrogens is 2. The fraction of sp³-hybridized carbons (Fsp3) is 0.500. The predicted octanol–water partition coefficient (Wildman–Crippen LogP) is 1.61. The second-order valence-electron chi connectivity index (χ2n) is 3.54. The minimum Gasteiger partial charge on any atom is -0.477 e. The maximum Gasteiger partial charge on any atom is 0.354 e. The van der Waals surface area contributed by atoms with Crippen molar-refractivity contribution in [1.82, 2.24) is 9.97 Å². The monoisotopic (exact) mass is 192 g/mol. The maximum absolute atomic E-state index is 10.8. The van der Waals surface area contributed by atoms with Gasteiger partial charge in [-0.15, -0.1) is 0 Å². The van der Waals surface area contributed by atoms with E-state index in [-0.39, 0.29) is 5.69 Å². The molecule has 0 radical (unpaired) electrons. The Balaban J connectivity index is 2.40. The zero-order valence-electron chi connectivity index (χ0n) is 8.03. The molecule has 0 aliphatic heterocycles. The molecule has 1 saturated carbocycles. The highest BCUT2D eigenvalue weighted by atomic mass is 16.4. The van der Waals surface area contributed by atoms with Gasteiger partial charge in [0.15, 0.2) is 5.69 Å². The first kappa shape index (κ1) is 9.12. The summed E-state index contributed by atoms with van der Waals surface area (Å²) in [5.74, 6) is 0.144. The maximum atomic E-state index is 10.8. The third kappa shape index (κ3) is 1.73. The SMILES string of the molecule is CCc1cc(C(=O)O)nc(C2CC2)n1. The van der Waals surface area contributed by atoms with Gasteiger partial charge in [0.05, 0.1) is 0 Å². The molecular weight excluding hydrogens is 180 g/mol. The zero-order valence-corrected chi connectivity index (χ0v) is 8.03. The molecule has 0 bridgehead atoms. The van der Waals surface area contributed by atoms with Crippen molar-refractivity contribution in [2.24, 2.45) is 0 Å². The van der Waals surface area contributed by atoms with Gasteiger partial charge in [0.25, 0.3) is 0 Å². The molecule has 0 spiro atoms. The molecule has 1 aliphatic rings. The van der Waals surface area contributed by atoms with E-state index in [1.807, 2.05) is 6.92 Å². The molecule has 4 heteroatoms. The molecule has 1 fully saturated rings. The molecule has 0 atom stereocenters. The second-order valence-corrected chi connectivity index (χ2v) is 3.54. The van der Waals surface area contributed by atoms with Crippen molar-refractivity contribution in [2.75, 3.05) is 0 Å². The first-order valence-electron chi connectivity index (χ1n) is 4.82. The number of nitrogens with zero attached hydrogens (tertiary/aromatic N) is 2. The molecule has 1 heterocycles. The van der Waals surface area contributed by atoms with Crippen LogP contribution in [0.3, 0.4) is 0 Å². The minimum absolute atomic E-state index is 0.124. The van der Waals surface area contributed by atoms with E-state index in [4.69, 9.17) is 5.11 Å². The van der Waals surface area contributed by atoms with Gasteiger partial charge in [0.1, 0.15) is 5.82 Å². The van der Waals surface area contributed by atoms with Gasteiger partial charge in [0, 0.05) is 11.6 Å². The number of carbonyl (C=O) groups is 1. The lowest BCUT2D eigenvalue weighted by atomic mass is 10.2. The fourth-order valence-corrected chi connectivity index (χ4v) is 1.33. The molecule has 0 unspecified atom stereocenters. The van der Waals surface area contributed by atoms with Crippen molar-refractivity contribution in [2.45, 2.75) is 32.1 Å². The molecule has 2 rings (SSSR count). The molecule has 14 heavy (non-hydrogen) atoms. The lowest BCUT2D eigenvalue weighted by molar-refractivity contribution is 0.0689. The first-order valence-corrected chi connectivity index (χ1v) is 4.82. The summed E-state index contributed by atoms with van der Waals surface area (Å²) in [6.45, 7) is 1.96. The third-order valence-corrected chi connectivity index (χ3v) is 2.32. The van der Waals surface area contributed by atoms with Crippen LogP contribution < -0.4 is 0 Å². The Morgan fingerprint density at radius 1 is 1.57 bits per heavy atom. The van der Waals surface area contributed by atoms with Gasteiger partial charge in [-0.1, -0.05) is 6.92 Å². The Morgan fingerprint density at radius 3 is 2.79 bits per heavy atom. The van der Waals surface area contributed by atoms with E-state index in [9.17, 15) is 4.79 Å². The molecule has 0 amide bonds. The highest BCUT2D eigenvalue weighted by Crippen LogP contribution is 2.38. The topological polar surface area (TPSA) is 63.1 Å². The summed E-state index contributed by atoms with van der Waals surface area (Å²) in [6, 6.07) is 1.55. The van der Waals surface area contributed by atoms with E-state index < -0.39 is 5.97 Å². The van der Waals surface area contributed by atoms with Gasteiger partial charge in [-0.3, -0.25) is 0 Å². The van der Waals surface area contributed by atoms with Crippen molar-refractivity contribution < 1.29 is 9.90 Å². The summed E-state index contributed by atoms with van der Waals surface area (Å²) in [6.07, 6.45) is 2.93. The molecule has 1 aliphatic carbocycles. The number of carboxylic acid groups (broad SMARTS) is 1. The van der Waals surface area contributed by atoms with Crippen molar-refractivity contribution in [3.8, 4) is 0 Å². The van der Waals surface area contributed by atoms with Gasteiger partial charge >= 0.3 is 5.97 Å². The van der Waals surface area contributed by atoms with Crippen LogP contribution in [0.2, 0.25) is 0 Å². The normalized spacial score (nSPS) is 15.5. The molecule has 74 valence electrons. The average Bonchev–Trinajstić information content (AvgIpc) is 3.00. The van der Waals surface area contributed by atoms with Crippen LogP contribution in [0.1, 0.15) is 47.7 Å².